The van der Waals surface area contributed by atoms with Gasteiger partial charge in [-0.2, -0.15) is 0 Å². The second-order valence-electron chi connectivity index (χ2n) is 6.04. The summed E-state index contributed by atoms with van der Waals surface area (Å²) >= 11 is 0. The van der Waals surface area contributed by atoms with Crippen molar-refractivity contribution >= 4 is 11.9 Å². The van der Waals surface area contributed by atoms with Gasteiger partial charge in [0.2, 0.25) is 5.91 Å². The zero-order valence-electron chi connectivity index (χ0n) is 13.9. The molecule has 0 radical (unpaired) electrons. The van der Waals surface area contributed by atoms with E-state index in [0.29, 0.717) is 31.4 Å². The van der Waals surface area contributed by atoms with E-state index >= 15 is 0 Å². The molecule has 1 aromatic rings. The lowest BCUT2D eigenvalue weighted by atomic mass is 10.1. The number of likely N-dealkylation sites (tertiary alicyclic amines) is 1. The molecule has 1 aliphatic heterocycles. The minimum atomic E-state index is -0.912. The van der Waals surface area contributed by atoms with Crippen molar-refractivity contribution in [2.45, 2.75) is 31.8 Å². The van der Waals surface area contributed by atoms with Crippen molar-refractivity contribution in [1.29, 1.82) is 0 Å². The number of carbonyl (C=O) groups is 2. The molecule has 0 aliphatic carbocycles. The van der Waals surface area contributed by atoms with E-state index in [0.717, 1.165) is 12.1 Å². The molecule has 0 spiro atoms. The molecular formula is C17H22F2N2O3. The maximum atomic E-state index is 13.3. The summed E-state index contributed by atoms with van der Waals surface area (Å²) in [7, 11) is 3.17. The van der Waals surface area contributed by atoms with Crippen LogP contribution >= 0.6 is 0 Å². The fourth-order valence-corrected chi connectivity index (χ4v) is 2.89. The van der Waals surface area contributed by atoms with E-state index in [2.05, 4.69) is 4.74 Å². The lowest BCUT2D eigenvalue weighted by Crippen LogP contribution is -2.37. The Morgan fingerprint density at radius 2 is 2.08 bits per heavy atom. The van der Waals surface area contributed by atoms with E-state index in [1.54, 1.807) is 4.90 Å². The molecule has 1 fully saturated rings. The van der Waals surface area contributed by atoms with Crippen molar-refractivity contribution in [2.75, 3.05) is 27.2 Å². The summed E-state index contributed by atoms with van der Waals surface area (Å²) in [5.74, 6) is -2.14. The minimum Gasteiger partial charge on any atom is -0.468 e. The number of benzene rings is 1. The molecule has 2 rings (SSSR count). The molecule has 1 saturated heterocycles. The third kappa shape index (κ3) is 4.74. The molecule has 0 bridgehead atoms. The van der Waals surface area contributed by atoms with Gasteiger partial charge in [0.05, 0.1) is 13.7 Å². The molecule has 1 heterocycles. The standard InChI is InChI=1S/C17H22F2N2O3/c1-20(11-17(23)24-2)13-4-6-16(22)21(8-7-13)10-12-3-5-14(18)15(19)9-12/h3,5,9,13H,4,6-8,10-11H2,1-2H3. The molecule has 1 atom stereocenters. The Morgan fingerprint density at radius 1 is 1.33 bits per heavy atom. The van der Waals surface area contributed by atoms with E-state index in [-0.39, 0.29) is 31.0 Å². The van der Waals surface area contributed by atoms with Crippen LogP contribution in [0, 0.1) is 11.6 Å². The van der Waals surface area contributed by atoms with E-state index in [4.69, 9.17) is 0 Å². The predicted octanol–water partition coefficient (Wildman–Crippen LogP) is 1.95. The molecule has 132 valence electrons. The number of methoxy groups -OCH3 is 1. The van der Waals surface area contributed by atoms with Crippen LogP contribution in [0.15, 0.2) is 18.2 Å². The number of rotatable bonds is 5. The Bertz CT molecular complexity index is 609. The van der Waals surface area contributed by atoms with Gasteiger partial charge in [-0.15, -0.1) is 0 Å². The van der Waals surface area contributed by atoms with Crippen molar-refractivity contribution in [3.8, 4) is 0 Å². The molecule has 7 heteroatoms. The Morgan fingerprint density at radius 3 is 2.75 bits per heavy atom. The number of esters is 1. The molecule has 1 aliphatic rings. The van der Waals surface area contributed by atoms with Gasteiger partial charge in [-0.3, -0.25) is 14.5 Å². The topological polar surface area (TPSA) is 49.9 Å². The highest BCUT2D eigenvalue weighted by Gasteiger charge is 2.26. The number of hydrogen-bond acceptors (Lipinski definition) is 4. The number of ether oxygens (including phenoxy) is 1. The number of halogens is 2. The van der Waals surface area contributed by atoms with Crippen molar-refractivity contribution in [2.24, 2.45) is 0 Å². The first kappa shape index (κ1) is 18.3. The fourth-order valence-electron chi connectivity index (χ4n) is 2.89. The third-order valence-corrected chi connectivity index (χ3v) is 4.36. The summed E-state index contributed by atoms with van der Waals surface area (Å²) in [5, 5.41) is 0. The van der Waals surface area contributed by atoms with E-state index in [1.165, 1.54) is 13.2 Å². The highest BCUT2D eigenvalue weighted by atomic mass is 19.2. The van der Waals surface area contributed by atoms with Gasteiger partial charge in [-0.05, 0) is 37.6 Å². The third-order valence-electron chi connectivity index (χ3n) is 4.36. The average Bonchev–Trinajstić information content (AvgIpc) is 2.73. The fraction of sp³-hybridized carbons (Fsp3) is 0.529. The molecule has 24 heavy (non-hydrogen) atoms. The summed E-state index contributed by atoms with van der Waals surface area (Å²) in [6, 6.07) is 3.77. The maximum absolute atomic E-state index is 13.3. The first-order chi connectivity index (χ1) is 11.4. The SMILES string of the molecule is COC(=O)CN(C)C1CCC(=O)N(Cc2ccc(F)c(F)c2)CC1. The Kier molecular flexibility index (Phi) is 6.25. The first-order valence-corrected chi connectivity index (χ1v) is 7.89. The van der Waals surface area contributed by atoms with Crippen LogP contribution in [-0.2, 0) is 20.9 Å². The molecule has 1 aromatic carbocycles. The van der Waals surface area contributed by atoms with Gasteiger partial charge < -0.3 is 9.64 Å². The molecule has 0 N–H and O–H groups in total. The largest absolute Gasteiger partial charge is 0.468 e. The summed E-state index contributed by atoms with van der Waals surface area (Å²) in [6.45, 7) is 0.940. The Balaban J connectivity index is 1.97. The molecular weight excluding hydrogens is 318 g/mol. The number of likely N-dealkylation sites (N-methyl/N-ethyl adjacent to an activating group) is 1. The van der Waals surface area contributed by atoms with Crippen LogP contribution < -0.4 is 0 Å². The predicted molar refractivity (Wildman–Crippen MR) is 84.1 cm³/mol. The van der Waals surface area contributed by atoms with Crippen LogP contribution in [0.2, 0.25) is 0 Å². The van der Waals surface area contributed by atoms with Crippen LogP contribution in [0.4, 0.5) is 8.78 Å². The number of amides is 1. The smallest absolute Gasteiger partial charge is 0.319 e. The van der Waals surface area contributed by atoms with Gasteiger partial charge in [-0.1, -0.05) is 6.07 Å². The number of hydrogen-bond donors (Lipinski definition) is 0. The highest BCUT2D eigenvalue weighted by molar-refractivity contribution is 5.76. The molecule has 0 aromatic heterocycles. The van der Waals surface area contributed by atoms with Gasteiger partial charge in [0.1, 0.15) is 0 Å². The first-order valence-electron chi connectivity index (χ1n) is 7.89. The zero-order chi connectivity index (χ0) is 17.7. The second kappa shape index (κ2) is 8.19. The van der Waals surface area contributed by atoms with E-state index < -0.39 is 11.6 Å². The van der Waals surface area contributed by atoms with Gasteiger partial charge in [0, 0.05) is 25.6 Å². The Labute approximate surface area is 140 Å². The normalized spacial score (nSPS) is 18.6. The molecule has 1 amide bonds. The Hall–Kier alpha value is -2.02. The van der Waals surface area contributed by atoms with Crippen molar-refractivity contribution < 1.29 is 23.1 Å². The second-order valence-corrected chi connectivity index (χ2v) is 6.04. The van der Waals surface area contributed by atoms with Crippen LogP contribution in [0.1, 0.15) is 24.8 Å². The summed E-state index contributed by atoms with van der Waals surface area (Å²) in [5.41, 5.74) is 0.559. The van der Waals surface area contributed by atoms with Crippen molar-refractivity contribution in [3.05, 3.63) is 35.4 Å². The van der Waals surface area contributed by atoms with E-state index in [1.807, 2.05) is 11.9 Å². The highest BCUT2D eigenvalue weighted by Crippen LogP contribution is 2.19. The monoisotopic (exact) mass is 340 g/mol. The van der Waals surface area contributed by atoms with Crippen LogP contribution in [-0.4, -0.2) is 55.0 Å². The molecule has 0 saturated carbocycles. The van der Waals surface area contributed by atoms with Gasteiger partial charge >= 0.3 is 5.97 Å². The van der Waals surface area contributed by atoms with Crippen LogP contribution in [0.3, 0.4) is 0 Å². The van der Waals surface area contributed by atoms with Crippen molar-refractivity contribution in [3.63, 3.8) is 0 Å². The molecule has 5 nitrogen and oxygen atoms in total. The van der Waals surface area contributed by atoms with Gasteiger partial charge in [0.15, 0.2) is 11.6 Å². The zero-order valence-corrected chi connectivity index (χ0v) is 13.9. The lowest BCUT2D eigenvalue weighted by molar-refractivity contribution is -0.142. The van der Waals surface area contributed by atoms with Gasteiger partial charge in [-0.25, -0.2) is 8.78 Å². The summed E-state index contributed by atoms with van der Waals surface area (Å²) in [6.07, 6.45) is 1.73. The van der Waals surface area contributed by atoms with Crippen molar-refractivity contribution in [1.82, 2.24) is 9.80 Å². The minimum absolute atomic E-state index is 0.0197. The van der Waals surface area contributed by atoms with Crippen LogP contribution in [0.5, 0.6) is 0 Å². The number of nitrogens with zero attached hydrogens (tertiary/aromatic N) is 2. The molecule has 1 unspecified atom stereocenters. The van der Waals surface area contributed by atoms with Gasteiger partial charge in [0.25, 0.3) is 0 Å². The van der Waals surface area contributed by atoms with Crippen LogP contribution in [0.25, 0.3) is 0 Å². The quantitative estimate of drug-likeness (QED) is 0.769. The lowest BCUT2D eigenvalue weighted by Gasteiger charge is -2.26. The number of carbonyl (C=O) groups excluding carboxylic acids is 2. The summed E-state index contributed by atoms with van der Waals surface area (Å²) in [4.78, 5) is 27.2. The maximum Gasteiger partial charge on any atom is 0.319 e. The average molecular weight is 340 g/mol. The summed E-state index contributed by atoms with van der Waals surface area (Å²) < 4.78 is 31.0. The van der Waals surface area contributed by atoms with E-state index in [9.17, 15) is 18.4 Å².